The zero-order valence-corrected chi connectivity index (χ0v) is 18.8. The molecule has 0 saturated carbocycles. The van der Waals surface area contributed by atoms with Crippen LogP contribution in [-0.4, -0.2) is 80.2 Å². The summed E-state index contributed by atoms with van der Waals surface area (Å²) in [6.07, 6.45) is 0. The van der Waals surface area contributed by atoms with Crippen LogP contribution in [0, 0.1) is 0 Å². The molecule has 2 fully saturated rings. The Morgan fingerprint density at radius 3 is 2.36 bits per heavy atom. The number of methoxy groups -OCH3 is 2. The summed E-state index contributed by atoms with van der Waals surface area (Å²) in [7, 11) is 3.10. The van der Waals surface area contributed by atoms with Gasteiger partial charge in [-0.05, 0) is 30.3 Å². The molecule has 2 aromatic carbocycles. The average Bonchev–Trinajstić information content (AvgIpc) is 3.12. The predicted molar refractivity (Wildman–Crippen MR) is 122 cm³/mol. The van der Waals surface area contributed by atoms with Gasteiger partial charge in [0.05, 0.1) is 39.0 Å². The van der Waals surface area contributed by atoms with Crippen molar-refractivity contribution >= 4 is 17.4 Å². The summed E-state index contributed by atoms with van der Waals surface area (Å²) < 4.78 is 16.1. The summed E-state index contributed by atoms with van der Waals surface area (Å²) in [6.45, 7) is 3.78. The van der Waals surface area contributed by atoms with Crippen molar-refractivity contribution in [3.05, 3.63) is 65.2 Å². The van der Waals surface area contributed by atoms with Crippen LogP contribution in [0.25, 0.3) is 5.76 Å². The Kier molecular flexibility index (Phi) is 6.96. The van der Waals surface area contributed by atoms with Gasteiger partial charge >= 0.3 is 0 Å². The summed E-state index contributed by atoms with van der Waals surface area (Å²) in [5.74, 6) is -0.392. The third kappa shape index (κ3) is 4.58. The number of amides is 1. The van der Waals surface area contributed by atoms with Gasteiger partial charge in [0.2, 0.25) is 0 Å². The van der Waals surface area contributed by atoms with Gasteiger partial charge in [0.1, 0.15) is 17.3 Å². The van der Waals surface area contributed by atoms with Gasteiger partial charge in [-0.1, -0.05) is 18.2 Å². The fraction of sp³-hybridized carbons (Fsp3) is 0.360. The number of likely N-dealkylation sites (tertiary alicyclic amines) is 1. The molecule has 0 spiro atoms. The number of carbonyl (C=O) groups is 2. The highest BCUT2D eigenvalue weighted by Gasteiger charge is 2.47. The minimum Gasteiger partial charge on any atom is -0.507 e. The number of morpholine rings is 1. The molecule has 1 amide bonds. The molecule has 4 rings (SSSR count). The Labute approximate surface area is 193 Å². The van der Waals surface area contributed by atoms with E-state index in [0.717, 1.165) is 13.1 Å². The maximum absolute atomic E-state index is 13.2. The largest absolute Gasteiger partial charge is 0.507 e. The number of carbonyl (C=O) groups excluding carboxylic acids is 2. The SMILES string of the molecule is COc1ccc(C(O)=C2C(=O)C(=O)N(CCN3CCOCC3)[C@@H]2c2ccccc2OC)cc1. The van der Waals surface area contributed by atoms with E-state index < -0.39 is 17.7 Å². The van der Waals surface area contributed by atoms with Crippen molar-refractivity contribution in [3.63, 3.8) is 0 Å². The molecule has 0 radical (unpaired) electrons. The third-order valence-electron chi connectivity index (χ3n) is 6.10. The number of ketones is 1. The smallest absolute Gasteiger partial charge is 0.295 e. The van der Waals surface area contributed by atoms with Crippen molar-refractivity contribution in [3.8, 4) is 11.5 Å². The van der Waals surface area contributed by atoms with Gasteiger partial charge in [-0.2, -0.15) is 0 Å². The number of ether oxygens (including phenoxy) is 3. The zero-order valence-electron chi connectivity index (χ0n) is 18.8. The highest BCUT2D eigenvalue weighted by Crippen LogP contribution is 2.42. The van der Waals surface area contributed by atoms with Gasteiger partial charge in [0.15, 0.2) is 0 Å². The first-order chi connectivity index (χ1) is 16.0. The van der Waals surface area contributed by atoms with E-state index in [0.29, 0.717) is 48.9 Å². The minimum absolute atomic E-state index is 0.0524. The van der Waals surface area contributed by atoms with E-state index in [-0.39, 0.29) is 11.3 Å². The van der Waals surface area contributed by atoms with Crippen LogP contribution < -0.4 is 9.47 Å². The lowest BCUT2D eigenvalue weighted by Gasteiger charge is -2.31. The van der Waals surface area contributed by atoms with Gasteiger partial charge < -0.3 is 24.2 Å². The van der Waals surface area contributed by atoms with E-state index in [4.69, 9.17) is 14.2 Å². The second-order valence-electron chi connectivity index (χ2n) is 7.92. The molecular formula is C25H28N2O6. The predicted octanol–water partition coefficient (Wildman–Crippen LogP) is 2.46. The summed E-state index contributed by atoms with van der Waals surface area (Å²) in [4.78, 5) is 30.0. The van der Waals surface area contributed by atoms with Gasteiger partial charge in [-0.25, -0.2) is 0 Å². The van der Waals surface area contributed by atoms with E-state index in [1.807, 2.05) is 18.2 Å². The molecule has 0 bridgehead atoms. The first-order valence-electron chi connectivity index (χ1n) is 10.9. The number of aliphatic hydroxyl groups excluding tert-OH is 1. The first kappa shape index (κ1) is 22.8. The molecule has 2 aliphatic heterocycles. The molecule has 0 aromatic heterocycles. The van der Waals surface area contributed by atoms with E-state index in [2.05, 4.69) is 4.90 Å². The number of aliphatic hydroxyl groups is 1. The van der Waals surface area contributed by atoms with Crippen LogP contribution in [0.5, 0.6) is 11.5 Å². The molecule has 8 nitrogen and oxygen atoms in total. The summed E-state index contributed by atoms with van der Waals surface area (Å²) >= 11 is 0. The second kappa shape index (κ2) is 10.1. The molecule has 1 atom stereocenters. The van der Waals surface area contributed by atoms with Gasteiger partial charge in [0.25, 0.3) is 11.7 Å². The van der Waals surface area contributed by atoms with Crippen molar-refractivity contribution < 1.29 is 28.9 Å². The Morgan fingerprint density at radius 1 is 1.00 bits per heavy atom. The quantitative estimate of drug-likeness (QED) is 0.392. The van der Waals surface area contributed by atoms with Crippen molar-refractivity contribution in [2.24, 2.45) is 0 Å². The Balaban J connectivity index is 1.76. The third-order valence-corrected chi connectivity index (χ3v) is 6.10. The summed E-state index contributed by atoms with van der Waals surface area (Å²) in [5.41, 5.74) is 1.13. The maximum Gasteiger partial charge on any atom is 0.295 e. The van der Waals surface area contributed by atoms with Gasteiger partial charge in [0, 0.05) is 37.3 Å². The summed E-state index contributed by atoms with van der Waals surface area (Å²) in [5, 5.41) is 11.2. The van der Waals surface area contributed by atoms with Gasteiger partial charge in [-0.3, -0.25) is 14.5 Å². The summed E-state index contributed by atoms with van der Waals surface area (Å²) in [6, 6.07) is 13.2. The Hall–Kier alpha value is -3.36. The molecule has 0 unspecified atom stereocenters. The number of hydrogen-bond acceptors (Lipinski definition) is 7. The number of para-hydroxylation sites is 1. The molecule has 8 heteroatoms. The van der Waals surface area contributed by atoms with Gasteiger partial charge in [-0.15, -0.1) is 0 Å². The maximum atomic E-state index is 13.2. The minimum atomic E-state index is -0.760. The fourth-order valence-corrected chi connectivity index (χ4v) is 4.30. The molecule has 1 N–H and O–H groups in total. The highest BCUT2D eigenvalue weighted by molar-refractivity contribution is 6.46. The fourth-order valence-electron chi connectivity index (χ4n) is 4.30. The highest BCUT2D eigenvalue weighted by atomic mass is 16.5. The molecule has 2 aromatic rings. The lowest BCUT2D eigenvalue weighted by Crippen LogP contribution is -2.42. The van der Waals surface area contributed by atoms with Crippen LogP contribution >= 0.6 is 0 Å². The van der Waals surface area contributed by atoms with Crippen LogP contribution in [0.1, 0.15) is 17.2 Å². The Morgan fingerprint density at radius 2 is 1.70 bits per heavy atom. The molecular weight excluding hydrogens is 424 g/mol. The normalized spacial score (nSPS) is 20.8. The number of rotatable bonds is 7. The van der Waals surface area contributed by atoms with Crippen molar-refractivity contribution in [2.45, 2.75) is 6.04 Å². The molecule has 2 saturated heterocycles. The topological polar surface area (TPSA) is 88.5 Å². The second-order valence-corrected chi connectivity index (χ2v) is 7.92. The molecule has 33 heavy (non-hydrogen) atoms. The van der Waals surface area contributed by atoms with Crippen molar-refractivity contribution in [1.82, 2.24) is 9.80 Å². The number of nitrogens with zero attached hydrogens (tertiary/aromatic N) is 2. The molecule has 0 aliphatic carbocycles. The van der Waals surface area contributed by atoms with Crippen molar-refractivity contribution in [1.29, 1.82) is 0 Å². The number of Topliss-reactive ketones (excluding diaryl/α,β-unsaturated/α-hetero) is 1. The van der Waals surface area contributed by atoms with Crippen LogP contribution in [0.15, 0.2) is 54.1 Å². The Bertz CT molecular complexity index is 1040. The van der Waals surface area contributed by atoms with E-state index >= 15 is 0 Å². The molecule has 174 valence electrons. The first-order valence-corrected chi connectivity index (χ1v) is 10.9. The van der Waals surface area contributed by atoms with E-state index in [1.165, 1.54) is 4.90 Å². The van der Waals surface area contributed by atoms with E-state index in [1.54, 1.807) is 44.6 Å². The molecule has 2 aliphatic rings. The number of hydrogen-bond donors (Lipinski definition) is 1. The van der Waals surface area contributed by atoms with Crippen LogP contribution in [-0.2, 0) is 14.3 Å². The zero-order chi connectivity index (χ0) is 23.4. The van der Waals surface area contributed by atoms with Crippen LogP contribution in [0.2, 0.25) is 0 Å². The van der Waals surface area contributed by atoms with Crippen molar-refractivity contribution in [2.75, 3.05) is 53.6 Å². The van der Waals surface area contributed by atoms with Crippen LogP contribution in [0.3, 0.4) is 0 Å². The van der Waals surface area contributed by atoms with E-state index in [9.17, 15) is 14.7 Å². The lowest BCUT2D eigenvalue weighted by atomic mass is 9.94. The molecule has 2 heterocycles. The standard InChI is InChI=1S/C25H28N2O6/c1-31-18-9-7-17(8-10-18)23(28)21-22(19-5-3-4-6-20(19)32-2)27(25(30)24(21)29)12-11-26-13-15-33-16-14-26/h3-10,22,28H,11-16H2,1-2H3/t22-/m1/s1. The average molecular weight is 453 g/mol. The van der Waals surface area contributed by atoms with Crippen LogP contribution in [0.4, 0.5) is 0 Å². The lowest BCUT2D eigenvalue weighted by molar-refractivity contribution is -0.140. The monoisotopic (exact) mass is 452 g/mol. The number of benzene rings is 2.